The molecule has 76 valence electrons. The molecule has 5 nitrogen and oxygen atoms in total. The first-order chi connectivity index (χ1) is 6.68. The molecular weight excluding hydrogens is 184 g/mol. The van der Waals surface area contributed by atoms with Crippen LogP contribution in [0, 0.1) is 5.92 Å². The summed E-state index contributed by atoms with van der Waals surface area (Å²) in [6.07, 6.45) is 3.31. The van der Waals surface area contributed by atoms with Crippen LogP contribution in [0.2, 0.25) is 0 Å². The van der Waals surface area contributed by atoms with Crippen LogP contribution in [0.25, 0.3) is 0 Å². The predicted octanol–water partition coefficient (Wildman–Crippen LogP) is 1.67. The van der Waals surface area contributed by atoms with E-state index in [0.717, 1.165) is 19.3 Å². The van der Waals surface area contributed by atoms with E-state index in [1.807, 2.05) is 0 Å². The summed E-state index contributed by atoms with van der Waals surface area (Å²) in [6.45, 7) is 2.13. The fourth-order valence-electron chi connectivity index (χ4n) is 1.98. The van der Waals surface area contributed by atoms with E-state index in [-0.39, 0.29) is 11.7 Å². The first-order valence-corrected chi connectivity index (χ1v) is 4.75. The van der Waals surface area contributed by atoms with Gasteiger partial charge in [0.2, 0.25) is 5.89 Å². The molecule has 1 N–H and O–H groups in total. The lowest BCUT2D eigenvalue weighted by atomic mass is 9.98. The highest BCUT2D eigenvalue weighted by Gasteiger charge is 2.30. The van der Waals surface area contributed by atoms with Crippen LogP contribution in [-0.4, -0.2) is 21.2 Å². The smallest absolute Gasteiger partial charge is 0.377 e. The standard InChI is InChI=1S/C9H12N2O3/c1-5-3-2-4-6(5)8-10-7(9(12)13)11-14-8/h5-6H,2-4H2,1H3,(H,12,13). The van der Waals surface area contributed by atoms with Gasteiger partial charge in [-0.05, 0) is 23.9 Å². The van der Waals surface area contributed by atoms with E-state index in [1.54, 1.807) is 0 Å². The maximum absolute atomic E-state index is 10.5. The van der Waals surface area contributed by atoms with Gasteiger partial charge in [0.25, 0.3) is 5.82 Å². The molecule has 1 saturated carbocycles. The molecule has 1 aromatic rings. The van der Waals surface area contributed by atoms with E-state index in [2.05, 4.69) is 17.1 Å². The first kappa shape index (κ1) is 9.18. The molecule has 2 atom stereocenters. The van der Waals surface area contributed by atoms with E-state index in [1.165, 1.54) is 0 Å². The van der Waals surface area contributed by atoms with Gasteiger partial charge in [0.15, 0.2) is 0 Å². The van der Waals surface area contributed by atoms with Crippen molar-refractivity contribution in [3.05, 3.63) is 11.7 Å². The van der Waals surface area contributed by atoms with Gasteiger partial charge in [0.1, 0.15) is 0 Å². The highest BCUT2D eigenvalue weighted by atomic mass is 16.5. The van der Waals surface area contributed by atoms with E-state index in [4.69, 9.17) is 9.63 Å². The molecule has 1 fully saturated rings. The summed E-state index contributed by atoms with van der Waals surface area (Å²) in [6, 6.07) is 0. The summed E-state index contributed by atoms with van der Waals surface area (Å²) < 4.78 is 4.94. The normalized spacial score (nSPS) is 26.6. The number of hydrogen-bond donors (Lipinski definition) is 1. The van der Waals surface area contributed by atoms with Crippen molar-refractivity contribution in [1.82, 2.24) is 10.1 Å². The van der Waals surface area contributed by atoms with Crippen molar-refractivity contribution in [2.45, 2.75) is 32.1 Å². The van der Waals surface area contributed by atoms with Crippen molar-refractivity contribution in [3.63, 3.8) is 0 Å². The summed E-state index contributed by atoms with van der Waals surface area (Å²) >= 11 is 0. The van der Waals surface area contributed by atoms with Gasteiger partial charge < -0.3 is 9.63 Å². The molecule has 0 aromatic carbocycles. The van der Waals surface area contributed by atoms with Gasteiger partial charge in [-0.15, -0.1) is 0 Å². The van der Waals surface area contributed by atoms with Crippen LogP contribution in [0.3, 0.4) is 0 Å². The molecule has 0 spiro atoms. The number of carboxylic acids is 1. The lowest BCUT2D eigenvalue weighted by Crippen LogP contribution is -2.04. The number of carbonyl (C=O) groups is 1. The molecule has 2 unspecified atom stereocenters. The van der Waals surface area contributed by atoms with Crippen LogP contribution in [0.4, 0.5) is 0 Å². The van der Waals surface area contributed by atoms with Crippen LogP contribution in [0.15, 0.2) is 4.52 Å². The highest BCUT2D eigenvalue weighted by Crippen LogP contribution is 2.38. The molecule has 0 saturated heterocycles. The van der Waals surface area contributed by atoms with Gasteiger partial charge in [0.05, 0.1) is 0 Å². The summed E-state index contributed by atoms with van der Waals surface area (Å²) in [4.78, 5) is 14.4. The van der Waals surface area contributed by atoms with E-state index in [9.17, 15) is 4.79 Å². The Labute approximate surface area is 81.1 Å². The average Bonchev–Trinajstić information content (AvgIpc) is 2.71. The molecule has 0 amide bonds. The molecule has 0 aliphatic heterocycles. The summed E-state index contributed by atoms with van der Waals surface area (Å²) in [5.41, 5.74) is 0. The van der Waals surface area contributed by atoms with Gasteiger partial charge in [-0.2, -0.15) is 4.98 Å². The van der Waals surface area contributed by atoms with E-state index >= 15 is 0 Å². The van der Waals surface area contributed by atoms with Crippen LogP contribution >= 0.6 is 0 Å². The molecule has 1 aromatic heterocycles. The molecule has 2 rings (SSSR count). The Hall–Kier alpha value is -1.39. The maximum Gasteiger partial charge on any atom is 0.377 e. The SMILES string of the molecule is CC1CCCC1c1nc(C(=O)O)no1. The zero-order valence-corrected chi connectivity index (χ0v) is 7.93. The summed E-state index contributed by atoms with van der Waals surface area (Å²) in [5, 5.41) is 12.0. The summed E-state index contributed by atoms with van der Waals surface area (Å²) in [5.74, 6) is -0.134. The van der Waals surface area contributed by atoms with Crippen LogP contribution in [0.1, 0.15) is 48.6 Å². The Morgan fingerprint density at radius 3 is 2.86 bits per heavy atom. The highest BCUT2D eigenvalue weighted by molar-refractivity contribution is 5.82. The van der Waals surface area contributed by atoms with Crippen molar-refractivity contribution in [3.8, 4) is 0 Å². The molecular formula is C9H12N2O3. The minimum Gasteiger partial charge on any atom is -0.475 e. The molecule has 1 aliphatic carbocycles. The quantitative estimate of drug-likeness (QED) is 0.778. The number of rotatable bonds is 2. The van der Waals surface area contributed by atoms with Crippen LogP contribution in [0.5, 0.6) is 0 Å². The molecule has 1 aliphatic rings. The molecule has 5 heteroatoms. The Bertz CT molecular complexity index is 348. The number of carboxylic acid groups (broad SMARTS) is 1. The van der Waals surface area contributed by atoms with E-state index < -0.39 is 5.97 Å². The third-order valence-electron chi connectivity index (χ3n) is 2.81. The Kier molecular flexibility index (Phi) is 2.23. The third-order valence-corrected chi connectivity index (χ3v) is 2.81. The number of nitrogens with zero attached hydrogens (tertiary/aromatic N) is 2. The Morgan fingerprint density at radius 1 is 1.57 bits per heavy atom. The zero-order valence-electron chi connectivity index (χ0n) is 7.93. The van der Waals surface area contributed by atoms with Crippen LogP contribution < -0.4 is 0 Å². The fraction of sp³-hybridized carbons (Fsp3) is 0.667. The Morgan fingerprint density at radius 2 is 2.36 bits per heavy atom. The zero-order chi connectivity index (χ0) is 10.1. The van der Waals surface area contributed by atoms with E-state index in [0.29, 0.717) is 11.8 Å². The van der Waals surface area contributed by atoms with Gasteiger partial charge in [-0.1, -0.05) is 13.3 Å². The molecule has 0 radical (unpaired) electrons. The maximum atomic E-state index is 10.5. The molecule has 0 bridgehead atoms. The lowest BCUT2D eigenvalue weighted by Gasteiger charge is -2.08. The Balaban J connectivity index is 2.20. The van der Waals surface area contributed by atoms with Gasteiger partial charge in [-0.25, -0.2) is 4.79 Å². The predicted molar refractivity (Wildman–Crippen MR) is 47.0 cm³/mol. The first-order valence-electron chi connectivity index (χ1n) is 4.75. The van der Waals surface area contributed by atoms with Gasteiger partial charge >= 0.3 is 5.97 Å². The second-order valence-electron chi connectivity index (χ2n) is 3.78. The van der Waals surface area contributed by atoms with Crippen molar-refractivity contribution in [1.29, 1.82) is 0 Å². The second-order valence-corrected chi connectivity index (χ2v) is 3.78. The van der Waals surface area contributed by atoms with Gasteiger partial charge in [0, 0.05) is 5.92 Å². The van der Waals surface area contributed by atoms with Gasteiger partial charge in [-0.3, -0.25) is 0 Å². The van der Waals surface area contributed by atoms with Crippen molar-refractivity contribution < 1.29 is 14.4 Å². The molecule has 1 heterocycles. The number of hydrogen-bond acceptors (Lipinski definition) is 4. The number of aromatic nitrogens is 2. The third kappa shape index (κ3) is 1.49. The second kappa shape index (κ2) is 3.40. The minimum absolute atomic E-state index is 0.237. The van der Waals surface area contributed by atoms with Crippen LogP contribution in [-0.2, 0) is 0 Å². The molecule has 14 heavy (non-hydrogen) atoms. The largest absolute Gasteiger partial charge is 0.475 e. The van der Waals surface area contributed by atoms with Crippen molar-refractivity contribution in [2.75, 3.05) is 0 Å². The van der Waals surface area contributed by atoms with Crippen molar-refractivity contribution in [2.24, 2.45) is 5.92 Å². The topological polar surface area (TPSA) is 76.2 Å². The summed E-state index contributed by atoms with van der Waals surface area (Å²) in [7, 11) is 0. The minimum atomic E-state index is -1.13. The fourth-order valence-corrected chi connectivity index (χ4v) is 1.98. The average molecular weight is 196 g/mol. The monoisotopic (exact) mass is 196 g/mol. The lowest BCUT2D eigenvalue weighted by molar-refractivity contribution is 0.0680. The number of aromatic carboxylic acids is 1. The van der Waals surface area contributed by atoms with Crippen molar-refractivity contribution >= 4 is 5.97 Å².